The van der Waals surface area contributed by atoms with Crippen LogP contribution in [-0.2, 0) is 7.05 Å². The van der Waals surface area contributed by atoms with E-state index in [2.05, 4.69) is 25.9 Å². The van der Waals surface area contributed by atoms with E-state index in [0.29, 0.717) is 5.52 Å². The van der Waals surface area contributed by atoms with Crippen LogP contribution in [-0.4, -0.2) is 19.1 Å². The summed E-state index contributed by atoms with van der Waals surface area (Å²) < 4.78 is 3.63. The van der Waals surface area contributed by atoms with Crippen molar-refractivity contribution in [2.24, 2.45) is 7.05 Å². The van der Waals surface area contributed by atoms with Gasteiger partial charge in [-0.15, -0.1) is 0 Å². The summed E-state index contributed by atoms with van der Waals surface area (Å²) in [5, 5.41) is 0. The molecule has 2 aromatic carbocycles. The summed E-state index contributed by atoms with van der Waals surface area (Å²) in [6.45, 7) is 0. The highest BCUT2D eigenvalue weighted by Crippen LogP contribution is 2.26. The van der Waals surface area contributed by atoms with Crippen LogP contribution in [0.15, 0.2) is 62.6 Å². The van der Waals surface area contributed by atoms with Gasteiger partial charge in [0, 0.05) is 17.2 Å². The predicted molar refractivity (Wildman–Crippen MR) is 94.7 cm³/mol. The summed E-state index contributed by atoms with van der Waals surface area (Å²) in [5.41, 5.74) is 1.31. The Morgan fingerprint density at radius 1 is 1.00 bits per heavy atom. The van der Waals surface area contributed by atoms with Gasteiger partial charge in [-0.25, -0.2) is 9.78 Å². The molecule has 118 valence electrons. The minimum atomic E-state index is -0.603. The third-order valence-electron chi connectivity index (χ3n) is 3.84. The Morgan fingerprint density at radius 2 is 1.79 bits per heavy atom. The lowest BCUT2D eigenvalue weighted by Crippen LogP contribution is -2.36. The molecule has 24 heavy (non-hydrogen) atoms. The van der Waals surface area contributed by atoms with Crippen molar-refractivity contribution in [1.29, 1.82) is 0 Å². The molecular weight excluding hydrogens is 372 g/mol. The summed E-state index contributed by atoms with van der Waals surface area (Å²) in [7, 11) is 1.40. The molecule has 0 amide bonds. The number of para-hydroxylation sites is 2. The molecule has 7 heteroatoms. The zero-order valence-electron chi connectivity index (χ0n) is 12.6. The molecule has 0 atom stereocenters. The maximum absolute atomic E-state index is 12.5. The van der Waals surface area contributed by atoms with Gasteiger partial charge in [-0.2, -0.15) is 4.98 Å². The lowest BCUT2D eigenvalue weighted by Gasteiger charge is -2.17. The van der Waals surface area contributed by atoms with E-state index < -0.39 is 11.2 Å². The predicted octanol–water partition coefficient (Wildman–Crippen LogP) is 2.35. The lowest BCUT2D eigenvalue weighted by atomic mass is 10.2. The third kappa shape index (κ3) is 2.16. The molecule has 2 aliphatic heterocycles. The van der Waals surface area contributed by atoms with Crippen LogP contribution in [0.2, 0.25) is 0 Å². The zero-order chi connectivity index (χ0) is 16.8. The van der Waals surface area contributed by atoms with Gasteiger partial charge in [-0.3, -0.25) is 13.9 Å². The van der Waals surface area contributed by atoms with Gasteiger partial charge in [0.05, 0.1) is 11.0 Å². The first-order chi connectivity index (χ1) is 11.6. The van der Waals surface area contributed by atoms with Crippen LogP contribution in [0.3, 0.4) is 0 Å². The molecule has 4 rings (SSSR count). The largest absolute Gasteiger partial charge is 0.352 e. The first-order valence-corrected chi connectivity index (χ1v) is 8.00. The average Bonchev–Trinajstić information content (AvgIpc) is 2.58. The molecule has 0 N–H and O–H groups in total. The second kappa shape index (κ2) is 5.38. The van der Waals surface area contributed by atoms with Crippen molar-refractivity contribution >= 4 is 27.0 Å². The number of nitrogens with zero attached hydrogens (tertiary/aromatic N) is 4. The highest BCUT2D eigenvalue weighted by atomic mass is 79.9. The molecule has 0 unspecified atom stereocenters. The van der Waals surface area contributed by atoms with E-state index in [1.165, 1.54) is 7.05 Å². The molecule has 0 aromatic heterocycles. The first-order valence-electron chi connectivity index (χ1n) is 7.21. The van der Waals surface area contributed by atoms with E-state index in [0.717, 1.165) is 20.2 Å². The van der Waals surface area contributed by atoms with Crippen molar-refractivity contribution in [2.75, 3.05) is 0 Å². The number of halogens is 1. The summed E-state index contributed by atoms with van der Waals surface area (Å²) in [6, 6.07) is 15.0. The summed E-state index contributed by atoms with van der Waals surface area (Å²) >= 11 is 3.45. The van der Waals surface area contributed by atoms with Gasteiger partial charge >= 0.3 is 5.69 Å². The molecular formula is C17H11BrN4O2. The third-order valence-corrected chi connectivity index (χ3v) is 4.33. The van der Waals surface area contributed by atoms with Crippen LogP contribution in [0.25, 0.3) is 28.2 Å². The van der Waals surface area contributed by atoms with Crippen LogP contribution in [0.1, 0.15) is 0 Å². The monoisotopic (exact) mass is 382 g/mol. The normalized spacial score (nSPS) is 11.2. The van der Waals surface area contributed by atoms with Gasteiger partial charge in [0.2, 0.25) is 0 Å². The summed E-state index contributed by atoms with van der Waals surface area (Å²) in [5.74, 6) is 0.250. The van der Waals surface area contributed by atoms with E-state index in [-0.39, 0.29) is 11.5 Å². The summed E-state index contributed by atoms with van der Waals surface area (Å²) in [6.07, 6.45) is 0. The van der Waals surface area contributed by atoms with Crippen LogP contribution in [0.4, 0.5) is 0 Å². The average molecular weight is 383 g/mol. The van der Waals surface area contributed by atoms with Crippen molar-refractivity contribution in [1.82, 2.24) is 19.1 Å². The van der Waals surface area contributed by atoms with E-state index >= 15 is 0 Å². The Labute approximate surface area is 144 Å². The highest BCUT2D eigenvalue weighted by Gasteiger charge is 2.21. The Bertz CT molecular complexity index is 1180. The smallest absolute Gasteiger partial charge is 0.291 e. The van der Waals surface area contributed by atoms with E-state index in [9.17, 15) is 9.59 Å². The van der Waals surface area contributed by atoms with Crippen molar-refractivity contribution in [3.05, 3.63) is 73.8 Å². The van der Waals surface area contributed by atoms with Gasteiger partial charge in [0.1, 0.15) is 0 Å². The molecule has 0 bridgehead atoms. The van der Waals surface area contributed by atoms with E-state index in [4.69, 9.17) is 0 Å². The molecule has 0 saturated carbocycles. The molecule has 0 aliphatic carbocycles. The fraction of sp³-hybridized carbons (Fsp3) is 0.0588. The quantitative estimate of drug-likeness (QED) is 0.473. The standard InChI is InChI=1S/C17H11BrN4O2/c1-21-16(23)14-15(20-17(21)24)22(11-6-4-5-10(18)9-11)13-8-3-2-7-12(13)19-14/h2-9H,1H3. The number of hydrogen-bond acceptors (Lipinski definition) is 4. The second-order valence-corrected chi connectivity index (χ2v) is 6.26. The van der Waals surface area contributed by atoms with Crippen LogP contribution >= 0.6 is 15.9 Å². The van der Waals surface area contributed by atoms with Crippen LogP contribution in [0, 0.1) is 0 Å². The molecule has 2 aromatic rings. The van der Waals surface area contributed by atoms with Gasteiger partial charge < -0.3 is 0 Å². The number of hydrogen-bond donors (Lipinski definition) is 0. The maximum Gasteiger partial charge on any atom is 0.352 e. The number of fused-ring (bicyclic) bond motifs is 2. The Kier molecular flexibility index (Phi) is 3.31. The van der Waals surface area contributed by atoms with Crippen molar-refractivity contribution in [3.8, 4) is 17.2 Å². The van der Waals surface area contributed by atoms with Crippen molar-refractivity contribution in [3.63, 3.8) is 0 Å². The van der Waals surface area contributed by atoms with Crippen LogP contribution < -0.4 is 11.2 Å². The fourth-order valence-corrected chi connectivity index (χ4v) is 3.06. The number of aromatic nitrogens is 4. The number of benzene rings is 2. The first kappa shape index (κ1) is 14.8. The summed E-state index contributed by atoms with van der Waals surface area (Å²) in [4.78, 5) is 33.0. The maximum atomic E-state index is 12.5. The Hall–Kier alpha value is -2.80. The zero-order valence-corrected chi connectivity index (χ0v) is 14.2. The van der Waals surface area contributed by atoms with Crippen molar-refractivity contribution < 1.29 is 0 Å². The minimum absolute atomic E-state index is 0.163. The Balaban J connectivity index is 2.28. The van der Waals surface area contributed by atoms with E-state index in [1.807, 2.05) is 48.5 Å². The molecule has 6 nitrogen and oxygen atoms in total. The van der Waals surface area contributed by atoms with E-state index in [1.54, 1.807) is 4.57 Å². The molecule has 0 fully saturated rings. The lowest BCUT2D eigenvalue weighted by molar-refractivity contribution is 0.759. The molecule has 0 spiro atoms. The second-order valence-electron chi connectivity index (χ2n) is 5.35. The minimum Gasteiger partial charge on any atom is -0.291 e. The van der Waals surface area contributed by atoms with Gasteiger partial charge in [0.15, 0.2) is 11.5 Å². The fourth-order valence-electron chi connectivity index (χ4n) is 2.67. The van der Waals surface area contributed by atoms with Crippen LogP contribution in [0.5, 0.6) is 0 Å². The number of rotatable bonds is 1. The molecule has 0 saturated heterocycles. The highest BCUT2D eigenvalue weighted by molar-refractivity contribution is 9.10. The molecule has 0 radical (unpaired) electrons. The van der Waals surface area contributed by atoms with Gasteiger partial charge in [0.25, 0.3) is 5.56 Å². The topological polar surface area (TPSA) is 69.8 Å². The van der Waals surface area contributed by atoms with Gasteiger partial charge in [-0.05, 0) is 30.3 Å². The molecule has 2 heterocycles. The van der Waals surface area contributed by atoms with Gasteiger partial charge in [-0.1, -0.05) is 34.1 Å². The molecule has 2 aliphatic rings. The SMILES string of the molecule is Cn1c(=O)nc2n(-c3cccc(Br)c3)c3ccccc3nc-2c1=O. The Morgan fingerprint density at radius 3 is 2.58 bits per heavy atom. The van der Waals surface area contributed by atoms with Crippen molar-refractivity contribution in [2.45, 2.75) is 0 Å².